The molecule has 1 aromatic heterocycles. The molecule has 1 saturated carbocycles. The predicted octanol–water partition coefficient (Wildman–Crippen LogP) is 10.0. The quantitative estimate of drug-likeness (QED) is 0.250. The fourth-order valence-electron chi connectivity index (χ4n) is 6.21. The van der Waals surface area contributed by atoms with Gasteiger partial charge in [0.25, 0.3) is 0 Å². The summed E-state index contributed by atoms with van der Waals surface area (Å²) in [5.41, 5.74) is 2.87. The lowest BCUT2D eigenvalue weighted by Crippen LogP contribution is -2.37. The first kappa shape index (κ1) is 27.7. The third-order valence-electron chi connectivity index (χ3n) is 8.18. The van der Waals surface area contributed by atoms with Gasteiger partial charge in [0, 0.05) is 17.8 Å². The van der Waals surface area contributed by atoms with Crippen LogP contribution in [0.2, 0.25) is 0 Å². The summed E-state index contributed by atoms with van der Waals surface area (Å²) in [4.78, 5) is 4.82. The van der Waals surface area contributed by atoms with Gasteiger partial charge >= 0.3 is 0 Å². The molecular formula is C32H48FNO. The molecule has 1 unspecified atom stereocenters. The Labute approximate surface area is 214 Å². The first-order chi connectivity index (χ1) is 17.0. The number of nitrogens with zero attached hydrogens (tertiary/aromatic N) is 1. The summed E-state index contributed by atoms with van der Waals surface area (Å²) < 4.78 is 21.0. The summed E-state index contributed by atoms with van der Waals surface area (Å²) in [7, 11) is 0. The first-order valence-corrected chi connectivity index (χ1v) is 14.5. The van der Waals surface area contributed by atoms with Crippen LogP contribution in [0.25, 0.3) is 11.3 Å². The van der Waals surface area contributed by atoms with Gasteiger partial charge in [0.2, 0.25) is 0 Å². The second-order valence-electron chi connectivity index (χ2n) is 10.8. The predicted molar refractivity (Wildman–Crippen MR) is 147 cm³/mol. The zero-order chi connectivity index (χ0) is 25.1. The molecule has 0 aliphatic heterocycles. The van der Waals surface area contributed by atoms with E-state index < -0.39 is 0 Å². The Morgan fingerprint density at radius 2 is 1.66 bits per heavy atom. The van der Waals surface area contributed by atoms with Crippen molar-refractivity contribution in [3.8, 4) is 17.0 Å². The van der Waals surface area contributed by atoms with Gasteiger partial charge in [-0.25, -0.2) is 4.39 Å². The van der Waals surface area contributed by atoms with Crippen LogP contribution in [0.1, 0.15) is 123 Å². The van der Waals surface area contributed by atoms with Crippen LogP contribution in [0.4, 0.5) is 4.39 Å². The van der Waals surface area contributed by atoms with Crippen molar-refractivity contribution in [1.29, 1.82) is 0 Å². The van der Waals surface area contributed by atoms with E-state index in [0.717, 1.165) is 25.2 Å². The van der Waals surface area contributed by atoms with Crippen molar-refractivity contribution in [3.05, 3.63) is 47.9 Å². The number of unbranched alkanes of at least 4 members (excludes halogenated alkanes) is 3. The molecule has 3 heteroatoms. The van der Waals surface area contributed by atoms with Crippen molar-refractivity contribution in [2.24, 2.45) is 5.92 Å². The Morgan fingerprint density at radius 1 is 0.886 bits per heavy atom. The van der Waals surface area contributed by atoms with Crippen molar-refractivity contribution >= 4 is 0 Å². The van der Waals surface area contributed by atoms with E-state index in [-0.39, 0.29) is 17.3 Å². The van der Waals surface area contributed by atoms with Crippen LogP contribution in [-0.2, 0) is 5.41 Å². The lowest BCUT2D eigenvalue weighted by Gasteiger charge is -2.44. The van der Waals surface area contributed by atoms with Crippen LogP contribution in [-0.4, -0.2) is 11.1 Å². The Balaban J connectivity index is 1.81. The number of halogens is 1. The number of hydrogen-bond donors (Lipinski definition) is 0. The van der Waals surface area contributed by atoms with Gasteiger partial charge in [0.1, 0.15) is 11.6 Å². The molecule has 1 aliphatic carbocycles. The van der Waals surface area contributed by atoms with Gasteiger partial charge in [-0.05, 0) is 74.1 Å². The zero-order valence-corrected chi connectivity index (χ0v) is 22.8. The molecule has 0 saturated heterocycles. The summed E-state index contributed by atoms with van der Waals surface area (Å²) in [6.45, 7) is 8.84. The molecule has 3 rings (SSSR count). The van der Waals surface area contributed by atoms with E-state index in [0.29, 0.717) is 17.0 Å². The van der Waals surface area contributed by atoms with Crippen molar-refractivity contribution < 1.29 is 9.13 Å². The average molecular weight is 482 g/mol. The topological polar surface area (TPSA) is 22.1 Å². The lowest BCUT2D eigenvalue weighted by atomic mass is 9.60. The second kappa shape index (κ2) is 14.0. The molecule has 2 aromatic rings. The molecule has 0 N–H and O–H groups in total. The molecule has 2 atom stereocenters. The largest absolute Gasteiger partial charge is 0.491 e. The zero-order valence-electron chi connectivity index (χ0n) is 22.8. The van der Waals surface area contributed by atoms with Crippen LogP contribution in [0.15, 0.2) is 36.5 Å². The van der Waals surface area contributed by atoms with Crippen LogP contribution in [0, 0.1) is 11.7 Å². The van der Waals surface area contributed by atoms with Crippen molar-refractivity contribution in [1.82, 2.24) is 4.98 Å². The Bertz CT molecular complexity index is 872. The Morgan fingerprint density at radius 3 is 2.29 bits per heavy atom. The highest BCUT2D eigenvalue weighted by molar-refractivity contribution is 5.61. The van der Waals surface area contributed by atoms with Crippen LogP contribution in [0.5, 0.6) is 5.75 Å². The van der Waals surface area contributed by atoms with Gasteiger partial charge in [0.15, 0.2) is 0 Å². The first-order valence-electron chi connectivity index (χ1n) is 14.5. The van der Waals surface area contributed by atoms with Crippen molar-refractivity contribution in [3.63, 3.8) is 0 Å². The summed E-state index contributed by atoms with van der Waals surface area (Å²) in [6.07, 6.45) is 19.7. The normalized spacial score (nSPS) is 17.2. The molecule has 0 bridgehead atoms. The number of rotatable bonds is 14. The number of aromatic nitrogens is 1. The lowest BCUT2D eigenvalue weighted by molar-refractivity contribution is 0.165. The molecule has 0 amide bonds. The van der Waals surface area contributed by atoms with Gasteiger partial charge in [-0.1, -0.05) is 84.6 Å². The van der Waals surface area contributed by atoms with E-state index in [4.69, 9.17) is 9.72 Å². The van der Waals surface area contributed by atoms with Gasteiger partial charge in [0.05, 0.1) is 11.8 Å². The molecule has 1 heterocycles. The minimum Gasteiger partial charge on any atom is -0.491 e. The van der Waals surface area contributed by atoms with Gasteiger partial charge in [-0.2, -0.15) is 0 Å². The smallest absolute Gasteiger partial charge is 0.136 e. The standard InChI is InChI=1S/C32H48FNO/c1-5-8-11-16-26(14-7-3)32(21-12-10-13-22-32)27-17-20-31(34-24-27)29-19-18-28(23-30(29)33)35-25(4)15-9-6-2/h17-20,23-26H,5-16,21-22H2,1-4H3/t25-,26?/m0/s1. The average Bonchev–Trinajstić information content (AvgIpc) is 2.88. The highest BCUT2D eigenvalue weighted by Gasteiger charge is 2.40. The van der Waals surface area contributed by atoms with E-state index in [1.54, 1.807) is 0 Å². The minimum atomic E-state index is -0.263. The highest BCUT2D eigenvalue weighted by atomic mass is 19.1. The minimum absolute atomic E-state index is 0.0951. The van der Waals surface area contributed by atoms with E-state index in [1.165, 1.54) is 82.3 Å². The van der Waals surface area contributed by atoms with Crippen LogP contribution < -0.4 is 4.74 Å². The Kier molecular flexibility index (Phi) is 11.1. The highest BCUT2D eigenvalue weighted by Crippen LogP contribution is 2.48. The van der Waals surface area contributed by atoms with Gasteiger partial charge in [-0.3, -0.25) is 4.98 Å². The SMILES string of the molecule is CCCCCC(CCC)C1(c2ccc(-c3ccc(O[C@@H](C)CCCC)cc3F)nc2)CCCCC1. The maximum Gasteiger partial charge on any atom is 0.136 e. The fourth-order valence-corrected chi connectivity index (χ4v) is 6.21. The molecule has 194 valence electrons. The van der Waals surface area contributed by atoms with Crippen LogP contribution >= 0.6 is 0 Å². The summed E-state index contributed by atoms with van der Waals surface area (Å²) in [5.74, 6) is 1.05. The molecular weight excluding hydrogens is 433 g/mol. The molecule has 1 aromatic carbocycles. The Hall–Kier alpha value is -1.90. The second-order valence-corrected chi connectivity index (χ2v) is 10.8. The fraction of sp³-hybridized carbons (Fsp3) is 0.656. The van der Waals surface area contributed by atoms with E-state index >= 15 is 4.39 Å². The van der Waals surface area contributed by atoms with Gasteiger partial charge in [-0.15, -0.1) is 0 Å². The third-order valence-corrected chi connectivity index (χ3v) is 8.18. The van der Waals surface area contributed by atoms with Crippen molar-refractivity contribution in [2.75, 3.05) is 0 Å². The number of hydrogen-bond acceptors (Lipinski definition) is 2. The maximum absolute atomic E-state index is 15.1. The summed E-state index contributed by atoms with van der Waals surface area (Å²) in [5, 5.41) is 0. The number of pyridine rings is 1. The number of benzene rings is 1. The molecule has 0 radical (unpaired) electrons. The third kappa shape index (κ3) is 7.30. The summed E-state index contributed by atoms with van der Waals surface area (Å²) in [6, 6.07) is 9.52. The summed E-state index contributed by atoms with van der Waals surface area (Å²) >= 11 is 0. The molecule has 1 fully saturated rings. The van der Waals surface area contributed by atoms with E-state index in [2.05, 4.69) is 40.0 Å². The molecule has 35 heavy (non-hydrogen) atoms. The maximum atomic E-state index is 15.1. The van der Waals surface area contributed by atoms with E-state index in [9.17, 15) is 0 Å². The monoisotopic (exact) mass is 481 g/mol. The molecule has 2 nitrogen and oxygen atoms in total. The van der Waals surface area contributed by atoms with Gasteiger partial charge < -0.3 is 4.74 Å². The van der Waals surface area contributed by atoms with Crippen molar-refractivity contribution in [2.45, 2.75) is 129 Å². The number of ether oxygens (including phenoxy) is 1. The van der Waals surface area contributed by atoms with Crippen LogP contribution in [0.3, 0.4) is 0 Å². The van der Waals surface area contributed by atoms with E-state index in [1.807, 2.05) is 18.2 Å². The molecule has 1 aliphatic rings. The molecule has 0 spiro atoms.